The lowest BCUT2D eigenvalue weighted by atomic mass is 10.1. The van der Waals surface area contributed by atoms with Gasteiger partial charge in [0.25, 0.3) is 11.8 Å². The third kappa shape index (κ3) is 4.70. The van der Waals surface area contributed by atoms with E-state index in [0.717, 1.165) is 5.56 Å². The molecule has 0 aliphatic rings. The maximum Gasteiger partial charge on any atom is 0.255 e. The van der Waals surface area contributed by atoms with Crippen LogP contribution < -0.4 is 20.5 Å². The summed E-state index contributed by atoms with van der Waals surface area (Å²) in [5.74, 6) is -0.643. The van der Waals surface area contributed by atoms with E-state index in [1.165, 1.54) is 31.4 Å². The predicted molar refractivity (Wildman–Crippen MR) is 85.3 cm³/mol. The van der Waals surface area contributed by atoms with Gasteiger partial charge in [0.15, 0.2) is 18.1 Å². The van der Waals surface area contributed by atoms with Crippen LogP contribution in [0.1, 0.15) is 15.9 Å². The third-order valence-electron chi connectivity index (χ3n) is 3.16. The van der Waals surface area contributed by atoms with Crippen LogP contribution in [0.25, 0.3) is 0 Å². The number of halogens is 1. The number of hydrogen-bond acceptors (Lipinski definition) is 4. The highest BCUT2D eigenvalue weighted by Gasteiger charge is 2.12. The molecular weight excluding hydrogens is 315 g/mol. The minimum atomic E-state index is -0.613. The lowest BCUT2D eigenvalue weighted by molar-refractivity contribution is -0.119. The highest BCUT2D eigenvalue weighted by atomic mass is 19.1. The van der Waals surface area contributed by atoms with Crippen LogP contribution >= 0.6 is 0 Å². The quantitative estimate of drug-likeness (QED) is 0.806. The van der Waals surface area contributed by atoms with Crippen LogP contribution in [-0.2, 0) is 11.3 Å². The molecule has 0 aliphatic heterocycles. The fourth-order valence-electron chi connectivity index (χ4n) is 1.96. The van der Waals surface area contributed by atoms with Gasteiger partial charge in [-0.3, -0.25) is 9.59 Å². The minimum Gasteiger partial charge on any atom is -0.493 e. The van der Waals surface area contributed by atoms with E-state index in [4.69, 9.17) is 15.2 Å². The van der Waals surface area contributed by atoms with E-state index in [9.17, 15) is 14.0 Å². The molecule has 126 valence electrons. The van der Waals surface area contributed by atoms with E-state index in [2.05, 4.69) is 5.32 Å². The van der Waals surface area contributed by atoms with Crippen LogP contribution in [-0.4, -0.2) is 25.5 Å². The molecule has 2 aromatic rings. The van der Waals surface area contributed by atoms with Crippen molar-refractivity contribution in [2.75, 3.05) is 13.7 Å². The highest BCUT2D eigenvalue weighted by molar-refractivity contribution is 5.94. The summed E-state index contributed by atoms with van der Waals surface area (Å²) in [4.78, 5) is 22.9. The van der Waals surface area contributed by atoms with Crippen LogP contribution in [0, 0.1) is 5.82 Å². The Balaban J connectivity index is 2.03. The second-order valence-corrected chi connectivity index (χ2v) is 4.93. The molecule has 6 nitrogen and oxygen atoms in total. The summed E-state index contributed by atoms with van der Waals surface area (Å²) >= 11 is 0. The monoisotopic (exact) mass is 332 g/mol. The largest absolute Gasteiger partial charge is 0.493 e. The van der Waals surface area contributed by atoms with Crippen molar-refractivity contribution in [3.05, 3.63) is 59.4 Å². The normalized spacial score (nSPS) is 10.1. The van der Waals surface area contributed by atoms with Gasteiger partial charge < -0.3 is 20.5 Å². The molecule has 0 saturated carbocycles. The number of amides is 2. The first-order valence-electron chi connectivity index (χ1n) is 7.11. The fourth-order valence-corrected chi connectivity index (χ4v) is 1.96. The molecule has 0 radical (unpaired) electrons. The van der Waals surface area contributed by atoms with Gasteiger partial charge in [-0.2, -0.15) is 0 Å². The molecule has 24 heavy (non-hydrogen) atoms. The van der Waals surface area contributed by atoms with E-state index in [1.807, 2.05) is 0 Å². The summed E-state index contributed by atoms with van der Waals surface area (Å²) in [6.45, 7) is -0.0200. The Hall–Kier alpha value is -3.09. The molecule has 0 bridgehead atoms. The molecule has 0 aromatic heterocycles. The molecule has 3 N–H and O–H groups in total. The first-order chi connectivity index (χ1) is 11.5. The Morgan fingerprint density at radius 1 is 1.12 bits per heavy atom. The van der Waals surface area contributed by atoms with Gasteiger partial charge in [-0.05, 0) is 35.9 Å². The second kappa shape index (κ2) is 7.96. The number of methoxy groups -OCH3 is 1. The van der Waals surface area contributed by atoms with Gasteiger partial charge in [0.05, 0.1) is 7.11 Å². The van der Waals surface area contributed by atoms with E-state index < -0.39 is 5.91 Å². The highest BCUT2D eigenvalue weighted by Crippen LogP contribution is 2.28. The van der Waals surface area contributed by atoms with Crippen LogP contribution in [0.15, 0.2) is 42.5 Å². The molecule has 0 spiro atoms. The van der Waals surface area contributed by atoms with Crippen LogP contribution in [0.5, 0.6) is 11.5 Å². The Labute approximate surface area is 138 Å². The topological polar surface area (TPSA) is 90.7 Å². The number of primary amides is 1. The molecule has 0 unspecified atom stereocenters. The average Bonchev–Trinajstić information content (AvgIpc) is 2.59. The number of hydrogen-bond donors (Lipinski definition) is 2. The number of ether oxygens (including phenoxy) is 2. The van der Waals surface area contributed by atoms with Gasteiger partial charge in [-0.25, -0.2) is 4.39 Å². The molecule has 2 amide bonds. The summed E-state index contributed by atoms with van der Waals surface area (Å²) in [6, 6.07) is 10.4. The number of nitrogens with one attached hydrogen (secondary N) is 1. The van der Waals surface area contributed by atoms with E-state index in [-0.39, 0.29) is 24.9 Å². The first kappa shape index (κ1) is 17.3. The number of nitrogens with two attached hydrogens (primary N) is 1. The number of carbonyl (C=O) groups is 2. The first-order valence-corrected chi connectivity index (χ1v) is 7.11. The minimum absolute atomic E-state index is 0.265. The third-order valence-corrected chi connectivity index (χ3v) is 3.16. The van der Waals surface area contributed by atoms with Crippen molar-refractivity contribution in [1.29, 1.82) is 0 Å². The van der Waals surface area contributed by atoms with Crippen molar-refractivity contribution in [3.63, 3.8) is 0 Å². The standard InChI is InChI=1S/C17H17FN2O4/c1-23-15-8-12(4-7-14(15)24-10-16(19)21)17(22)20-9-11-2-5-13(18)6-3-11/h2-8H,9-10H2,1H3,(H2,19,21)(H,20,22). The van der Waals surface area contributed by atoms with Gasteiger partial charge >= 0.3 is 0 Å². The van der Waals surface area contributed by atoms with Crippen LogP contribution in [0.3, 0.4) is 0 Å². The molecule has 0 saturated heterocycles. The summed E-state index contributed by atoms with van der Waals surface area (Å²) < 4.78 is 23.2. The van der Waals surface area contributed by atoms with Gasteiger partial charge in [0.1, 0.15) is 5.82 Å². The Morgan fingerprint density at radius 3 is 2.46 bits per heavy atom. The number of benzene rings is 2. The van der Waals surface area contributed by atoms with Gasteiger partial charge in [-0.15, -0.1) is 0 Å². The van der Waals surface area contributed by atoms with Crippen molar-refractivity contribution in [2.45, 2.75) is 6.54 Å². The lowest BCUT2D eigenvalue weighted by Crippen LogP contribution is -2.23. The van der Waals surface area contributed by atoms with E-state index >= 15 is 0 Å². The Kier molecular flexibility index (Phi) is 5.73. The Morgan fingerprint density at radius 2 is 1.83 bits per heavy atom. The molecular formula is C17H17FN2O4. The molecule has 2 aromatic carbocycles. The van der Waals surface area contributed by atoms with Gasteiger partial charge in [0, 0.05) is 12.1 Å². The van der Waals surface area contributed by atoms with Gasteiger partial charge in [0.2, 0.25) is 0 Å². The zero-order valence-corrected chi connectivity index (χ0v) is 13.0. The van der Waals surface area contributed by atoms with Crippen molar-refractivity contribution < 1.29 is 23.5 Å². The summed E-state index contributed by atoms with van der Waals surface area (Å²) in [5.41, 5.74) is 6.16. The average molecular weight is 332 g/mol. The SMILES string of the molecule is COc1cc(C(=O)NCc2ccc(F)cc2)ccc1OCC(N)=O. The van der Waals surface area contributed by atoms with Crippen molar-refractivity contribution >= 4 is 11.8 Å². The van der Waals surface area contributed by atoms with E-state index in [0.29, 0.717) is 17.1 Å². The maximum absolute atomic E-state index is 12.8. The van der Waals surface area contributed by atoms with E-state index in [1.54, 1.807) is 18.2 Å². The molecule has 0 aliphatic carbocycles. The maximum atomic E-state index is 12.8. The molecule has 7 heteroatoms. The summed E-state index contributed by atoms with van der Waals surface area (Å²) in [5, 5.41) is 2.72. The summed E-state index contributed by atoms with van der Waals surface area (Å²) in [6.07, 6.45) is 0. The second-order valence-electron chi connectivity index (χ2n) is 4.93. The molecule has 0 atom stereocenters. The fraction of sp³-hybridized carbons (Fsp3) is 0.176. The smallest absolute Gasteiger partial charge is 0.255 e. The van der Waals surface area contributed by atoms with Crippen LogP contribution in [0.4, 0.5) is 4.39 Å². The number of rotatable bonds is 7. The zero-order valence-electron chi connectivity index (χ0n) is 13.0. The molecule has 0 fully saturated rings. The lowest BCUT2D eigenvalue weighted by Gasteiger charge is -2.11. The number of carbonyl (C=O) groups excluding carboxylic acids is 2. The zero-order chi connectivity index (χ0) is 17.5. The molecule has 2 rings (SSSR count). The van der Waals surface area contributed by atoms with Crippen molar-refractivity contribution in [3.8, 4) is 11.5 Å². The van der Waals surface area contributed by atoms with Gasteiger partial charge in [-0.1, -0.05) is 12.1 Å². The summed E-state index contributed by atoms with van der Waals surface area (Å²) in [7, 11) is 1.42. The Bertz CT molecular complexity index is 732. The predicted octanol–water partition coefficient (Wildman–Crippen LogP) is 1.63. The van der Waals surface area contributed by atoms with Crippen molar-refractivity contribution in [1.82, 2.24) is 5.32 Å². The molecule has 0 heterocycles. The van der Waals surface area contributed by atoms with Crippen LogP contribution in [0.2, 0.25) is 0 Å². The van der Waals surface area contributed by atoms with Crippen molar-refractivity contribution in [2.24, 2.45) is 5.73 Å².